The molecule has 0 saturated carbocycles. The first-order valence-corrected chi connectivity index (χ1v) is 5.73. The Morgan fingerprint density at radius 2 is 2.11 bits per heavy atom. The zero-order chi connectivity index (χ0) is 13.5. The third-order valence-corrected chi connectivity index (χ3v) is 2.16. The van der Waals surface area contributed by atoms with Crippen molar-refractivity contribution in [3.63, 3.8) is 0 Å². The van der Waals surface area contributed by atoms with Gasteiger partial charge in [-0.3, -0.25) is 14.3 Å². The van der Waals surface area contributed by atoms with E-state index < -0.39 is 11.8 Å². The Morgan fingerprint density at radius 3 is 2.67 bits per heavy atom. The molecule has 0 unspecified atom stereocenters. The molecule has 0 aliphatic rings. The largest absolute Gasteiger partial charge is 0.392 e. The molecule has 1 heterocycles. The van der Waals surface area contributed by atoms with Gasteiger partial charge in [0.05, 0.1) is 24.3 Å². The second kappa shape index (κ2) is 6.70. The number of nitrogens with two attached hydrogens (primary N) is 1. The number of carbonyl (C=O) groups is 2. The highest BCUT2D eigenvalue weighted by atomic mass is 32.1. The molecule has 7 nitrogen and oxygen atoms in total. The van der Waals surface area contributed by atoms with E-state index in [1.807, 2.05) is 13.1 Å². The molecule has 1 aromatic rings. The molecule has 0 radical (unpaired) electrons. The second-order valence-corrected chi connectivity index (χ2v) is 4.21. The Bertz CT molecular complexity index is 457. The lowest BCUT2D eigenvalue weighted by Gasteiger charge is -2.05. The van der Waals surface area contributed by atoms with Crippen LogP contribution in [0.1, 0.15) is 5.56 Å². The van der Waals surface area contributed by atoms with Crippen molar-refractivity contribution in [1.29, 1.82) is 0 Å². The van der Waals surface area contributed by atoms with Gasteiger partial charge in [0.2, 0.25) is 0 Å². The third-order valence-electron chi connectivity index (χ3n) is 2.02. The number of thiocarbonyl (C=S) groups is 1. The van der Waals surface area contributed by atoms with Gasteiger partial charge >= 0.3 is 11.8 Å². The Hall–Kier alpha value is -1.96. The predicted octanol–water partition coefficient (Wildman–Crippen LogP) is -1.29. The van der Waals surface area contributed by atoms with E-state index in [9.17, 15) is 9.59 Å². The van der Waals surface area contributed by atoms with Gasteiger partial charge in [0.15, 0.2) is 0 Å². The highest BCUT2D eigenvalue weighted by molar-refractivity contribution is 7.80. The van der Waals surface area contributed by atoms with Crippen molar-refractivity contribution in [1.82, 2.24) is 20.4 Å². The minimum absolute atomic E-state index is 0.0138. The van der Waals surface area contributed by atoms with Crippen molar-refractivity contribution in [2.45, 2.75) is 13.5 Å². The van der Waals surface area contributed by atoms with E-state index >= 15 is 0 Å². The van der Waals surface area contributed by atoms with Crippen LogP contribution in [0, 0.1) is 6.92 Å². The normalized spacial score (nSPS) is 9.83. The number of aromatic nitrogens is 2. The fourth-order valence-corrected chi connectivity index (χ4v) is 1.27. The predicted molar refractivity (Wildman–Crippen MR) is 69.8 cm³/mol. The lowest BCUT2D eigenvalue weighted by molar-refractivity contribution is -0.139. The lowest BCUT2D eigenvalue weighted by Crippen LogP contribution is -2.43. The molecule has 0 bridgehead atoms. The van der Waals surface area contributed by atoms with Crippen LogP contribution in [0.15, 0.2) is 12.4 Å². The van der Waals surface area contributed by atoms with Crippen LogP contribution >= 0.6 is 12.2 Å². The van der Waals surface area contributed by atoms with Crippen LogP contribution in [0.3, 0.4) is 0 Å². The maximum Gasteiger partial charge on any atom is 0.309 e. The number of carbonyl (C=O) groups excluding carboxylic acids is 2. The summed E-state index contributed by atoms with van der Waals surface area (Å²) in [6, 6.07) is 0. The van der Waals surface area contributed by atoms with E-state index in [0.717, 1.165) is 5.56 Å². The van der Waals surface area contributed by atoms with E-state index in [2.05, 4.69) is 28.0 Å². The molecule has 0 aliphatic carbocycles. The first-order chi connectivity index (χ1) is 8.49. The summed E-state index contributed by atoms with van der Waals surface area (Å²) in [6.07, 6.45) is 3.57. The summed E-state index contributed by atoms with van der Waals surface area (Å²) >= 11 is 4.57. The maximum atomic E-state index is 11.3. The molecule has 0 aromatic carbocycles. The first-order valence-electron chi connectivity index (χ1n) is 5.32. The van der Waals surface area contributed by atoms with E-state index in [-0.39, 0.29) is 11.5 Å². The summed E-state index contributed by atoms with van der Waals surface area (Å²) in [4.78, 5) is 22.7. The fraction of sp³-hybridized carbons (Fsp3) is 0.400. The molecule has 0 spiro atoms. The van der Waals surface area contributed by atoms with E-state index in [0.29, 0.717) is 13.1 Å². The van der Waals surface area contributed by atoms with E-state index in [1.165, 1.54) is 0 Å². The molecule has 0 atom stereocenters. The Balaban J connectivity index is 2.24. The van der Waals surface area contributed by atoms with Gasteiger partial charge in [-0.2, -0.15) is 5.10 Å². The van der Waals surface area contributed by atoms with Gasteiger partial charge in [-0.25, -0.2) is 0 Å². The summed E-state index contributed by atoms with van der Waals surface area (Å²) in [7, 11) is 0. The lowest BCUT2D eigenvalue weighted by atomic mass is 10.4. The number of aryl methyl sites for hydroxylation is 1. The topological polar surface area (TPSA) is 102 Å². The number of hydrogen-bond donors (Lipinski definition) is 3. The summed E-state index contributed by atoms with van der Waals surface area (Å²) in [6.45, 7) is 2.76. The molecule has 1 rings (SSSR count). The summed E-state index contributed by atoms with van der Waals surface area (Å²) < 4.78 is 1.68. The average molecular weight is 269 g/mol. The molecular weight excluding hydrogens is 254 g/mol. The standard InChI is InChI=1S/C10H15N5O2S/c1-7-4-14-15(6-7)3-2-12-9(16)10(17)13-5-8(11)18/h4,6H,2-3,5H2,1H3,(H2,11,18)(H,12,16)(H,13,17). The summed E-state index contributed by atoms with van der Waals surface area (Å²) in [5.41, 5.74) is 6.23. The Kier molecular flexibility index (Phi) is 5.25. The fourth-order valence-electron chi connectivity index (χ4n) is 1.20. The van der Waals surface area contributed by atoms with Crippen molar-refractivity contribution < 1.29 is 9.59 Å². The zero-order valence-electron chi connectivity index (χ0n) is 9.97. The van der Waals surface area contributed by atoms with E-state index in [4.69, 9.17) is 5.73 Å². The average Bonchev–Trinajstić information content (AvgIpc) is 2.71. The molecule has 0 aliphatic heterocycles. The minimum Gasteiger partial charge on any atom is -0.392 e. The third kappa shape index (κ3) is 4.91. The Labute approximate surface area is 110 Å². The molecule has 8 heteroatoms. The van der Waals surface area contributed by atoms with Crippen LogP contribution in [0.25, 0.3) is 0 Å². The smallest absolute Gasteiger partial charge is 0.309 e. The highest BCUT2D eigenvalue weighted by Gasteiger charge is 2.12. The van der Waals surface area contributed by atoms with Crippen LogP contribution < -0.4 is 16.4 Å². The number of amides is 2. The van der Waals surface area contributed by atoms with Gasteiger partial charge in [-0.05, 0) is 12.5 Å². The number of hydrogen-bond acceptors (Lipinski definition) is 4. The second-order valence-electron chi connectivity index (χ2n) is 3.69. The maximum absolute atomic E-state index is 11.3. The Morgan fingerprint density at radius 1 is 1.44 bits per heavy atom. The monoisotopic (exact) mass is 269 g/mol. The van der Waals surface area contributed by atoms with Gasteiger partial charge in [0, 0.05) is 12.7 Å². The molecule has 98 valence electrons. The van der Waals surface area contributed by atoms with Crippen molar-refractivity contribution in [3.05, 3.63) is 18.0 Å². The van der Waals surface area contributed by atoms with E-state index in [1.54, 1.807) is 10.9 Å². The van der Waals surface area contributed by atoms with Crippen molar-refractivity contribution in [2.75, 3.05) is 13.1 Å². The first kappa shape index (κ1) is 14.1. The van der Waals surface area contributed by atoms with Crippen molar-refractivity contribution >= 4 is 29.0 Å². The SMILES string of the molecule is Cc1cnn(CCNC(=O)C(=O)NCC(N)=S)c1. The van der Waals surface area contributed by atoms with Crippen LogP contribution in [-0.4, -0.2) is 39.7 Å². The van der Waals surface area contributed by atoms with Gasteiger partial charge < -0.3 is 16.4 Å². The highest BCUT2D eigenvalue weighted by Crippen LogP contribution is 1.92. The van der Waals surface area contributed by atoms with Crippen LogP contribution in [0.5, 0.6) is 0 Å². The van der Waals surface area contributed by atoms with Gasteiger partial charge in [0.1, 0.15) is 0 Å². The number of rotatable bonds is 5. The van der Waals surface area contributed by atoms with Crippen molar-refractivity contribution in [3.8, 4) is 0 Å². The van der Waals surface area contributed by atoms with Crippen molar-refractivity contribution in [2.24, 2.45) is 5.73 Å². The zero-order valence-corrected chi connectivity index (χ0v) is 10.8. The van der Waals surface area contributed by atoms with Crippen LogP contribution in [0.4, 0.5) is 0 Å². The van der Waals surface area contributed by atoms with Crippen LogP contribution in [-0.2, 0) is 16.1 Å². The molecule has 0 saturated heterocycles. The van der Waals surface area contributed by atoms with Gasteiger partial charge in [-0.1, -0.05) is 12.2 Å². The summed E-state index contributed by atoms with van der Waals surface area (Å²) in [5, 5.41) is 8.81. The van der Waals surface area contributed by atoms with Crippen LogP contribution in [0.2, 0.25) is 0 Å². The van der Waals surface area contributed by atoms with Gasteiger partial charge in [-0.15, -0.1) is 0 Å². The quantitative estimate of drug-likeness (QED) is 0.456. The summed E-state index contributed by atoms with van der Waals surface area (Å²) in [5.74, 6) is -1.46. The molecule has 2 amide bonds. The molecule has 4 N–H and O–H groups in total. The number of nitrogens with zero attached hydrogens (tertiary/aromatic N) is 2. The molecule has 0 fully saturated rings. The number of nitrogens with one attached hydrogen (secondary N) is 2. The molecule has 1 aromatic heterocycles. The molecular formula is C10H15N5O2S. The molecule has 18 heavy (non-hydrogen) atoms. The minimum atomic E-state index is -0.751. The van der Waals surface area contributed by atoms with Gasteiger partial charge in [0.25, 0.3) is 0 Å².